The monoisotopic (exact) mass is 296 g/mol. The summed E-state index contributed by atoms with van der Waals surface area (Å²) in [4.78, 5) is 11.9. The van der Waals surface area contributed by atoms with E-state index < -0.39 is 0 Å². The summed E-state index contributed by atoms with van der Waals surface area (Å²) >= 11 is 3.40. The van der Waals surface area contributed by atoms with Crippen molar-refractivity contribution in [1.29, 1.82) is 0 Å². The van der Waals surface area contributed by atoms with Crippen molar-refractivity contribution >= 4 is 21.8 Å². The molecule has 0 spiro atoms. The van der Waals surface area contributed by atoms with E-state index in [9.17, 15) is 4.79 Å². The Hall–Kier alpha value is -0.870. The van der Waals surface area contributed by atoms with E-state index in [1.807, 2.05) is 31.2 Å². The van der Waals surface area contributed by atoms with Gasteiger partial charge in [-0.15, -0.1) is 0 Å². The molecule has 2 rings (SSSR count). The molecule has 1 amide bonds. The van der Waals surface area contributed by atoms with Crippen LogP contribution >= 0.6 is 15.9 Å². The lowest BCUT2D eigenvalue weighted by molar-refractivity contribution is -0.123. The molecule has 0 radical (unpaired) electrons. The Morgan fingerprint density at radius 3 is 2.76 bits per heavy atom. The minimum atomic E-state index is -0.00658. The van der Waals surface area contributed by atoms with E-state index in [0.29, 0.717) is 0 Å². The summed E-state index contributed by atoms with van der Waals surface area (Å²) in [6.07, 6.45) is 2.03. The average Bonchev–Trinajstić information content (AvgIpc) is 2.83. The third-order valence-corrected chi connectivity index (χ3v) is 3.63. The lowest BCUT2D eigenvalue weighted by Gasteiger charge is -2.17. The molecule has 17 heavy (non-hydrogen) atoms. The molecule has 2 atom stereocenters. The first kappa shape index (κ1) is 12.6. The highest BCUT2D eigenvalue weighted by molar-refractivity contribution is 9.10. The zero-order chi connectivity index (χ0) is 12.3. The van der Waals surface area contributed by atoms with Gasteiger partial charge in [-0.2, -0.15) is 0 Å². The Bertz CT molecular complexity index is 385. The van der Waals surface area contributed by atoms with Crippen molar-refractivity contribution in [2.45, 2.75) is 31.8 Å². The van der Waals surface area contributed by atoms with Gasteiger partial charge >= 0.3 is 0 Å². The third kappa shape index (κ3) is 3.30. The van der Waals surface area contributed by atoms with E-state index in [4.69, 9.17) is 0 Å². The predicted molar refractivity (Wildman–Crippen MR) is 71.7 cm³/mol. The Labute approximate surface area is 110 Å². The number of halogens is 1. The summed E-state index contributed by atoms with van der Waals surface area (Å²) in [5, 5.41) is 6.24. The standard InChI is InChI=1S/C13H17BrN2O/c1-9(10-4-6-11(14)7-5-10)16-13(17)12-3-2-8-15-12/h4-7,9,12,15H,2-3,8H2,1H3,(H,16,17)/t9-,12?/m1/s1. The molecule has 1 fully saturated rings. The fraction of sp³-hybridized carbons (Fsp3) is 0.462. The van der Waals surface area contributed by atoms with E-state index >= 15 is 0 Å². The van der Waals surface area contributed by atoms with Crippen LogP contribution in [0.5, 0.6) is 0 Å². The van der Waals surface area contributed by atoms with Gasteiger partial charge < -0.3 is 10.6 Å². The first-order chi connectivity index (χ1) is 8.16. The van der Waals surface area contributed by atoms with Gasteiger partial charge in [0.1, 0.15) is 0 Å². The van der Waals surface area contributed by atoms with Crippen LogP contribution in [0.1, 0.15) is 31.4 Å². The normalized spacial score (nSPS) is 21.2. The molecule has 0 aromatic heterocycles. The van der Waals surface area contributed by atoms with Crippen molar-refractivity contribution in [2.24, 2.45) is 0 Å². The molecular weight excluding hydrogens is 280 g/mol. The number of rotatable bonds is 3. The zero-order valence-electron chi connectivity index (χ0n) is 9.87. The Balaban J connectivity index is 1.93. The molecule has 1 heterocycles. The van der Waals surface area contributed by atoms with Crippen molar-refractivity contribution in [3.05, 3.63) is 34.3 Å². The highest BCUT2D eigenvalue weighted by Crippen LogP contribution is 2.17. The summed E-state index contributed by atoms with van der Waals surface area (Å²) in [6.45, 7) is 2.96. The second-order valence-electron chi connectivity index (χ2n) is 4.43. The summed E-state index contributed by atoms with van der Waals surface area (Å²) in [5.74, 6) is 0.109. The third-order valence-electron chi connectivity index (χ3n) is 3.11. The maximum Gasteiger partial charge on any atom is 0.237 e. The van der Waals surface area contributed by atoms with Crippen LogP contribution in [0.2, 0.25) is 0 Å². The molecule has 2 N–H and O–H groups in total. The van der Waals surface area contributed by atoms with Gasteiger partial charge in [0, 0.05) is 4.47 Å². The zero-order valence-corrected chi connectivity index (χ0v) is 11.5. The fourth-order valence-corrected chi connectivity index (χ4v) is 2.32. The topological polar surface area (TPSA) is 41.1 Å². The molecule has 1 unspecified atom stereocenters. The van der Waals surface area contributed by atoms with E-state index in [-0.39, 0.29) is 18.0 Å². The first-order valence-electron chi connectivity index (χ1n) is 5.96. The SMILES string of the molecule is C[C@@H](NC(=O)C1CCCN1)c1ccc(Br)cc1. The van der Waals surface area contributed by atoms with Gasteiger partial charge in [-0.1, -0.05) is 28.1 Å². The van der Waals surface area contributed by atoms with Crippen LogP contribution < -0.4 is 10.6 Å². The van der Waals surface area contributed by atoms with E-state index in [2.05, 4.69) is 26.6 Å². The Morgan fingerprint density at radius 1 is 1.47 bits per heavy atom. The van der Waals surface area contributed by atoms with Crippen molar-refractivity contribution in [3.8, 4) is 0 Å². The number of benzene rings is 1. The van der Waals surface area contributed by atoms with Gasteiger partial charge in [0.05, 0.1) is 12.1 Å². The van der Waals surface area contributed by atoms with Crippen LogP contribution in [0.15, 0.2) is 28.7 Å². The molecule has 1 saturated heterocycles. The average molecular weight is 297 g/mol. The molecule has 1 aromatic carbocycles. The maximum atomic E-state index is 11.9. The van der Waals surface area contributed by atoms with Crippen LogP contribution in [0.25, 0.3) is 0 Å². The molecule has 1 aliphatic rings. The highest BCUT2D eigenvalue weighted by atomic mass is 79.9. The molecule has 3 nitrogen and oxygen atoms in total. The molecule has 0 saturated carbocycles. The maximum absolute atomic E-state index is 11.9. The quantitative estimate of drug-likeness (QED) is 0.899. The summed E-state index contributed by atoms with van der Waals surface area (Å²) in [6, 6.07) is 8.08. The molecule has 92 valence electrons. The van der Waals surface area contributed by atoms with E-state index in [1.54, 1.807) is 0 Å². The largest absolute Gasteiger partial charge is 0.348 e. The smallest absolute Gasteiger partial charge is 0.237 e. The summed E-state index contributed by atoms with van der Waals surface area (Å²) in [5.41, 5.74) is 1.12. The highest BCUT2D eigenvalue weighted by Gasteiger charge is 2.23. The van der Waals surface area contributed by atoms with Gasteiger partial charge in [-0.05, 0) is 44.0 Å². The van der Waals surface area contributed by atoms with E-state index in [0.717, 1.165) is 29.4 Å². The predicted octanol–water partition coefficient (Wildman–Crippen LogP) is 2.38. The molecule has 1 aromatic rings. The molecule has 0 bridgehead atoms. The number of nitrogens with one attached hydrogen (secondary N) is 2. The van der Waals surface area contributed by atoms with Crippen LogP contribution in [0.4, 0.5) is 0 Å². The van der Waals surface area contributed by atoms with Crippen molar-refractivity contribution < 1.29 is 4.79 Å². The Kier molecular flexibility index (Phi) is 4.18. The van der Waals surface area contributed by atoms with Crippen LogP contribution in [-0.4, -0.2) is 18.5 Å². The van der Waals surface area contributed by atoms with Crippen LogP contribution in [0, 0.1) is 0 Å². The van der Waals surface area contributed by atoms with Crippen molar-refractivity contribution in [3.63, 3.8) is 0 Å². The number of hydrogen-bond donors (Lipinski definition) is 2. The van der Waals surface area contributed by atoms with E-state index in [1.165, 1.54) is 0 Å². The van der Waals surface area contributed by atoms with Gasteiger partial charge in [0.15, 0.2) is 0 Å². The second kappa shape index (κ2) is 5.65. The minimum absolute atomic E-state index is 0.00658. The number of hydrogen-bond acceptors (Lipinski definition) is 2. The molecule has 4 heteroatoms. The van der Waals surface area contributed by atoms with Crippen LogP contribution in [0.3, 0.4) is 0 Å². The minimum Gasteiger partial charge on any atom is -0.348 e. The van der Waals surface area contributed by atoms with Crippen molar-refractivity contribution in [1.82, 2.24) is 10.6 Å². The Morgan fingerprint density at radius 2 is 2.18 bits per heavy atom. The molecule has 0 aliphatic carbocycles. The van der Waals surface area contributed by atoms with Gasteiger partial charge in [-0.3, -0.25) is 4.79 Å². The van der Waals surface area contributed by atoms with Gasteiger partial charge in [-0.25, -0.2) is 0 Å². The van der Waals surface area contributed by atoms with Crippen LogP contribution in [-0.2, 0) is 4.79 Å². The summed E-state index contributed by atoms with van der Waals surface area (Å²) < 4.78 is 1.05. The van der Waals surface area contributed by atoms with Gasteiger partial charge in [0.25, 0.3) is 0 Å². The van der Waals surface area contributed by atoms with Crippen molar-refractivity contribution in [2.75, 3.05) is 6.54 Å². The lowest BCUT2D eigenvalue weighted by atomic mass is 10.1. The fourth-order valence-electron chi connectivity index (χ4n) is 2.06. The molecular formula is C13H17BrN2O. The second-order valence-corrected chi connectivity index (χ2v) is 5.35. The molecule has 1 aliphatic heterocycles. The summed E-state index contributed by atoms with van der Waals surface area (Å²) in [7, 11) is 0. The first-order valence-corrected chi connectivity index (χ1v) is 6.75. The number of carbonyl (C=O) groups excluding carboxylic acids is 1. The lowest BCUT2D eigenvalue weighted by Crippen LogP contribution is -2.41. The number of carbonyl (C=O) groups is 1. The number of amides is 1. The van der Waals surface area contributed by atoms with Gasteiger partial charge in [0.2, 0.25) is 5.91 Å².